The lowest BCUT2D eigenvalue weighted by Crippen LogP contribution is -2.10. The molecular weight excluding hydrogens is 466 g/mol. The van der Waals surface area contributed by atoms with Crippen molar-refractivity contribution in [2.24, 2.45) is 0 Å². The van der Waals surface area contributed by atoms with Gasteiger partial charge in [-0.25, -0.2) is 0 Å². The lowest BCUT2D eigenvalue weighted by Gasteiger charge is -2.27. The number of hydrogen-bond acceptors (Lipinski definition) is 2. The van der Waals surface area contributed by atoms with E-state index in [-0.39, 0.29) is 0 Å². The molecule has 35 heavy (non-hydrogen) atoms. The number of benzene rings is 6. The van der Waals surface area contributed by atoms with Crippen LogP contribution in [0.25, 0.3) is 41.7 Å². The van der Waals surface area contributed by atoms with Gasteiger partial charge in [0.1, 0.15) is 0 Å². The zero-order valence-corrected chi connectivity index (χ0v) is 20.4. The predicted octanol–water partition coefficient (Wildman–Crippen LogP) is 10.5. The maximum atomic E-state index is 6.72. The van der Waals surface area contributed by atoms with E-state index in [1.54, 1.807) is 0 Å². The second-order valence-corrected chi connectivity index (χ2v) is 10.2. The minimum Gasteiger partial charge on any atom is -0.310 e. The molecule has 6 aromatic carbocycles. The van der Waals surface area contributed by atoms with Crippen molar-refractivity contribution in [3.63, 3.8) is 0 Å². The third kappa shape index (κ3) is 3.22. The second-order valence-electron chi connectivity index (χ2n) is 8.70. The van der Waals surface area contributed by atoms with Gasteiger partial charge in [0.05, 0.1) is 5.69 Å². The highest BCUT2D eigenvalue weighted by atomic mass is 35.5. The molecule has 3 heteroatoms. The summed E-state index contributed by atoms with van der Waals surface area (Å²) in [6.07, 6.45) is 0. The van der Waals surface area contributed by atoms with E-state index in [9.17, 15) is 0 Å². The van der Waals surface area contributed by atoms with Crippen molar-refractivity contribution in [3.8, 4) is 0 Å². The van der Waals surface area contributed by atoms with Gasteiger partial charge in [-0.3, -0.25) is 0 Å². The van der Waals surface area contributed by atoms with Gasteiger partial charge in [-0.2, -0.15) is 0 Å². The summed E-state index contributed by atoms with van der Waals surface area (Å²) in [6.45, 7) is 0. The van der Waals surface area contributed by atoms with Gasteiger partial charge in [-0.1, -0.05) is 96.5 Å². The molecule has 0 atom stereocenters. The van der Waals surface area contributed by atoms with E-state index < -0.39 is 0 Å². The maximum absolute atomic E-state index is 6.72. The number of fused-ring (bicyclic) bond motifs is 7. The van der Waals surface area contributed by atoms with E-state index >= 15 is 0 Å². The van der Waals surface area contributed by atoms with Crippen molar-refractivity contribution < 1.29 is 0 Å². The van der Waals surface area contributed by atoms with Crippen LogP contribution in [0.15, 0.2) is 121 Å². The van der Waals surface area contributed by atoms with Gasteiger partial charge in [0.25, 0.3) is 0 Å². The smallest absolute Gasteiger partial charge is 0.0554 e. The summed E-state index contributed by atoms with van der Waals surface area (Å²) in [7, 11) is 0. The van der Waals surface area contributed by atoms with Crippen LogP contribution in [0.4, 0.5) is 17.1 Å². The number of rotatable bonds is 3. The van der Waals surface area contributed by atoms with Crippen molar-refractivity contribution in [2.75, 3.05) is 4.90 Å². The Labute approximate surface area is 212 Å². The van der Waals surface area contributed by atoms with Crippen molar-refractivity contribution in [3.05, 3.63) is 126 Å². The lowest BCUT2D eigenvalue weighted by molar-refractivity contribution is 1.30. The summed E-state index contributed by atoms with van der Waals surface area (Å²) < 4.78 is 2.48. The average Bonchev–Trinajstić information content (AvgIpc) is 3.29. The molecule has 0 saturated carbocycles. The van der Waals surface area contributed by atoms with E-state index in [2.05, 4.69) is 126 Å². The molecule has 0 N–H and O–H groups in total. The highest BCUT2D eigenvalue weighted by Gasteiger charge is 2.20. The normalized spacial score (nSPS) is 11.6. The summed E-state index contributed by atoms with van der Waals surface area (Å²) in [5, 5.41) is 8.20. The fourth-order valence-corrected chi connectivity index (χ4v) is 6.75. The van der Waals surface area contributed by atoms with E-state index in [1.807, 2.05) is 11.3 Å². The van der Waals surface area contributed by atoms with Crippen LogP contribution in [-0.2, 0) is 0 Å². The number of hydrogen-bond donors (Lipinski definition) is 0. The third-order valence-corrected chi connectivity index (χ3v) is 8.08. The minimum atomic E-state index is 0.805. The molecule has 7 aromatic rings. The summed E-state index contributed by atoms with van der Waals surface area (Å²) in [6, 6.07) is 42.9. The standard InChI is InChI=1S/C32H20ClNS/c33-27-19-29-31(25-17-9-7-15-23(25)27)32-26-18-10-8-16-24(26)28(20-30(32)35-29)34(21-11-3-1-4-12-21)22-13-5-2-6-14-22/h1-20H. The molecule has 0 bridgehead atoms. The molecule has 0 unspecified atom stereocenters. The number of thiophene rings is 1. The van der Waals surface area contributed by atoms with Crippen LogP contribution in [0.5, 0.6) is 0 Å². The second kappa shape index (κ2) is 8.13. The molecule has 1 heterocycles. The molecular formula is C32H20ClNS. The largest absolute Gasteiger partial charge is 0.310 e. The predicted molar refractivity (Wildman–Crippen MR) is 154 cm³/mol. The Balaban J connectivity index is 1.64. The molecule has 0 aliphatic carbocycles. The topological polar surface area (TPSA) is 3.24 Å². The zero-order valence-electron chi connectivity index (χ0n) is 18.8. The molecule has 0 amide bonds. The summed E-state index contributed by atoms with van der Waals surface area (Å²) in [4.78, 5) is 2.36. The summed E-state index contributed by atoms with van der Waals surface area (Å²) >= 11 is 8.54. The molecule has 0 fully saturated rings. The number of para-hydroxylation sites is 2. The van der Waals surface area contributed by atoms with E-state index in [0.717, 1.165) is 21.8 Å². The Morgan fingerprint density at radius 1 is 0.486 bits per heavy atom. The highest BCUT2D eigenvalue weighted by molar-refractivity contribution is 7.26. The Hall–Kier alpha value is -3.85. The van der Waals surface area contributed by atoms with E-state index in [1.165, 1.54) is 42.0 Å². The Morgan fingerprint density at radius 3 is 1.54 bits per heavy atom. The van der Waals surface area contributed by atoms with Crippen molar-refractivity contribution in [1.29, 1.82) is 0 Å². The van der Waals surface area contributed by atoms with E-state index in [0.29, 0.717) is 0 Å². The number of nitrogens with zero attached hydrogens (tertiary/aromatic N) is 1. The van der Waals surface area contributed by atoms with Crippen LogP contribution in [-0.4, -0.2) is 0 Å². The Kier molecular flexibility index (Phi) is 4.76. The van der Waals surface area contributed by atoms with Crippen LogP contribution in [0.3, 0.4) is 0 Å². The van der Waals surface area contributed by atoms with Crippen LogP contribution in [0.1, 0.15) is 0 Å². The molecule has 1 aromatic heterocycles. The number of anilines is 3. The highest BCUT2D eigenvalue weighted by Crippen LogP contribution is 2.48. The molecule has 0 aliphatic heterocycles. The lowest BCUT2D eigenvalue weighted by atomic mass is 9.98. The van der Waals surface area contributed by atoms with Crippen LogP contribution < -0.4 is 4.90 Å². The van der Waals surface area contributed by atoms with Gasteiger partial charge in [-0.15, -0.1) is 11.3 Å². The molecule has 0 aliphatic rings. The van der Waals surface area contributed by atoms with Crippen molar-refractivity contribution in [1.82, 2.24) is 0 Å². The SMILES string of the molecule is Clc1cc2sc3cc(N(c4ccccc4)c4ccccc4)c4ccccc4c3c2c2ccccc12. The summed E-state index contributed by atoms with van der Waals surface area (Å²) in [5.74, 6) is 0. The molecule has 0 radical (unpaired) electrons. The quantitative estimate of drug-likeness (QED) is 0.240. The van der Waals surface area contributed by atoms with Gasteiger partial charge >= 0.3 is 0 Å². The van der Waals surface area contributed by atoms with E-state index in [4.69, 9.17) is 11.6 Å². The first-order chi connectivity index (χ1) is 17.3. The minimum absolute atomic E-state index is 0.805. The first-order valence-electron chi connectivity index (χ1n) is 11.6. The molecule has 1 nitrogen and oxygen atoms in total. The summed E-state index contributed by atoms with van der Waals surface area (Å²) in [5.41, 5.74) is 3.45. The first-order valence-corrected chi connectivity index (χ1v) is 12.8. The molecule has 0 spiro atoms. The van der Waals surface area contributed by atoms with Gasteiger partial charge in [0.15, 0.2) is 0 Å². The molecule has 0 saturated heterocycles. The van der Waals surface area contributed by atoms with Gasteiger partial charge in [0, 0.05) is 47.3 Å². The van der Waals surface area contributed by atoms with Gasteiger partial charge in [-0.05, 0) is 47.2 Å². The maximum Gasteiger partial charge on any atom is 0.0554 e. The Bertz CT molecular complexity index is 1820. The zero-order chi connectivity index (χ0) is 23.4. The van der Waals surface area contributed by atoms with Gasteiger partial charge < -0.3 is 4.90 Å². The van der Waals surface area contributed by atoms with Crippen LogP contribution in [0.2, 0.25) is 5.02 Å². The van der Waals surface area contributed by atoms with Crippen LogP contribution in [0, 0.1) is 0 Å². The Morgan fingerprint density at radius 2 is 0.943 bits per heavy atom. The number of halogens is 1. The first kappa shape index (κ1) is 20.5. The molecule has 166 valence electrons. The van der Waals surface area contributed by atoms with Crippen molar-refractivity contribution in [2.45, 2.75) is 0 Å². The van der Waals surface area contributed by atoms with Crippen molar-refractivity contribution >= 4 is 81.7 Å². The third-order valence-electron chi connectivity index (χ3n) is 6.68. The fourth-order valence-electron chi connectivity index (χ4n) is 5.20. The van der Waals surface area contributed by atoms with Crippen LogP contribution >= 0.6 is 22.9 Å². The van der Waals surface area contributed by atoms with Gasteiger partial charge in [0.2, 0.25) is 0 Å². The average molecular weight is 486 g/mol. The fraction of sp³-hybridized carbons (Fsp3) is 0. The monoisotopic (exact) mass is 485 g/mol. The molecule has 7 rings (SSSR count).